The second kappa shape index (κ2) is 7.24. The highest BCUT2D eigenvalue weighted by Crippen LogP contribution is 2.16. The number of hydrogen-bond acceptors (Lipinski definition) is 4. The maximum Gasteiger partial charge on any atom is 0.354 e. The number of aromatic nitrogens is 1. The molecule has 23 heavy (non-hydrogen) atoms. The molecule has 0 spiro atoms. The second-order valence-electron chi connectivity index (χ2n) is 5.79. The van der Waals surface area contributed by atoms with E-state index < -0.39 is 5.97 Å². The van der Waals surface area contributed by atoms with Gasteiger partial charge in [0, 0.05) is 32.7 Å². The molecular formula is C18H21N3O2. The number of carboxylic acids is 1. The van der Waals surface area contributed by atoms with Crippen molar-refractivity contribution in [1.29, 1.82) is 0 Å². The molecule has 5 heteroatoms. The molecule has 3 rings (SSSR count). The molecule has 1 fully saturated rings. The van der Waals surface area contributed by atoms with Gasteiger partial charge in [-0.25, -0.2) is 9.78 Å². The van der Waals surface area contributed by atoms with Crippen LogP contribution in [-0.4, -0.2) is 47.1 Å². The molecule has 1 aliphatic heterocycles. The van der Waals surface area contributed by atoms with E-state index in [1.807, 2.05) is 12.1 Å². The largest absolute Gasteiger partial charge is 0.477 e. The third-order valence-electron chi connectivity index (χ3n) is 4.12. The minimum atomic E-state index is -0.979. The molecule has 0 aliphatic carbocycles. The van der Waals surface area contributed by atoms with Gasteiger partial charge in [-0.3, -0.25) is 4.90 Å². The van der Waals surface area contributed by atoms with Gasteiger partial charge in [-0.05, 0) is 24.1 Å². The van der Waals surface area contributed by atoms with E-state index in [0.29, 0.717) is 0 Å². The summed E-state index contributed by atoms with van der Waals surface area (Å²) in [5.74, 6) is -0.223. The molecule has 0 atom stereocenters. The number of benzene rings is 1. The van der Waals surface area contributed by atoms with Crippen molar-refractivity contribution in [1.82, 2.24) is 9.88 Å². The van der Waals surface area contributed by atoms with Crippen molar-refractivity contribution in [2.75, 3.05) is 31.1 Å². The summed E-state index contributed by atoms with van der Waals surface area (Å²) >= 11 is 0. The molecule has 0 bridgehead atoms. The van der Waals surface area contributed by atoms with Crippen molar-refractivity contribution in [3.05, 3.63) is 59.8 Å². The Balaban J connectivity index is 1.64. The van der Waals surface area contributed by atoms with Crippen molar-refractivity contribution in [2.45, 2.75) is 13.0 Å². The molecule has 2 aromatic rings. The van der Waals surface area contributed by atoms with Gasteiger partial charge >= 0.3 is 5.97 Å². The van der Waals surface area contributed by atoms with E-state index >= 15 is 0 Å². The number of carboxylic acid groups (broad SMARTS) is 1. The highest BCUT2D eigenvalue weighted by atomic mass is 16.4. The summed E-state index contributed by atoms with van der Waals surface area (Å²) in [6.07, 6.45) is 1.05. The molecule has 120 valence electrons. The molecule has 1 aliphatic rings. The van der Waals surface area contributed by atoms with Crippen molar-refractivity contribution in [3.63, 3.8) is 0 Å². The molecule has 1 saturated heterocycles. The Bertz CT molecular complexity index is 660. The van der Waals surface area contributed by atoms with Gasteiger partial charge < -0.3 is 10.0 Å². The Morgan fingerprint density at radius 2 is 1.83 bits per heavy atom. The number of aromatic carboxylic acids is 1. The van der Waals surface area contributed by atoms with Crippen molar-refractivity contribution in [3.8, 4) is 0 Å². The summed E-state index contributed by atoms with van der Waals surface area (Å²) in [5, 5.41) is 9.08. The zero-order valence-electron chi connectivity index (χ0n) is 13.1. The third-order valence-corrected chi connectivity index (χ3v) is 4.12. The first-order valence-corrected chi connectivity index (χ1v) is 7.94. The minimum Gasteiger partial charge on any atom is -0.477 e. The van der Waals surface area contributed by atoms with Crippen LogP contribution in [0.15, 0.2) is 48.5 Å². The lowest BCUT2D eigenvalue weighted by Crippen LogP contribution is -2.31. The van der Waals surface area contributed by atoms with E-state index in [0.717, 1.165) is 45.0 Å². The van der Waals surface area contributed by atoms with Crippen LogP contribution in [0.25, 0.3) is 0 Å². The first-order valence-electron chi connectivity index (χ1n) is 7.94. The number of hydrogen-bond donors (Lipinski definition) is 1. The smallest absolute Gasteiger partial charge is 0.354 e. The zero-order chi connectivity index (χ0) is 16.1. The van der Waals surface area contributed by atoms with Crippen LogP contribution in [0.1, 0.15) is 22.5 Å². The van der Waals surface area contributed by atoms with Gasteiger partial charge in [0.05, 0.1) is 0 Å². The number of anilines is 1. The lowest BCUT2D eigenvalue weighted by Gasteiger charge is -2.23. The highest BCUT2D eigenvalue weighted by molar-refractivity contribution is 5.85. The van der Waals surface area contributed by atoms with E-state index in [9.17, 15) is 4.79 Å². The van der Waals surface area contributed by atoms with Gasteiger partial charge in [0.25, 0.3) is 0 Å². The maximum absolute atomic E-state index is 11.1. The average Bonchev–Trinajstić information content (AvgIpc) is 2.81. The molecule has 0 radical (unpaired) electrons. The van der Waals surface area contributed by atoms with E-state index in [4.69, 9.17) is 5.11 Å². The fraction of sp³-hybridized carbons (Fsp3) is 0.333. The van der Waals surface area contributed by atoms with Crippen LogP contribution in [0.5, 0.6) is 0 Å². The normalized spacial score (nSPS) is 16.1. The second-order valence-corrected chi connectivity index (χ2v) is 5.79. The maximum atomic E-state index is 11.1. The van der Waals surface area contributed by atoms with Crippen LogP contribution < -0.4 is 4.90 Å². The number of pyridine rings is 1. The van der Waals surface area contributed by atoms with Gasteiger partial charge in [-0.15, -0.1) is 0 Å². The lowest BCUT2D eigenvalue weighted by molar-refractivity contribution is 0.0690. The number of nitrogens with zero attached hydrogens (tertiary/aromatic N) is 3. The van der Waals surface area contributed by atoms with Gasteiger partial charge in [-0.1, -0.05) is 36.4 Å². The Morgan fingerprint density at radius 1 is 1.00 bits per heavy atom. The van der Waals surface area contributed by atoms with Crippen LogP contribution in [0.3, 0.4) is 0 Å². The summed E-state index contributed by atoms with van der Waals surface area (Å²) < 4.78 is 0. The van der Waals surface area contributed by atoms with E-state index in [2.05, 4.69) is 39.0 Å². The Hall–Kier alpha value is -2.40. The van der Waals surface area contributed by atoms with Crippen molar-refractivity contribution < 1.29 is 9.90 Å². The van der Waals surface area contributed by atoms with Crippen LogP contribution in [0.2, 0.25) is 0 Å². The van der Waals surface area contributed by atoms with Gasteiger partial charge in [0.15, 0.2) is 5.69 Å². The van der Waals surface area contributed by atoms with Gasteiger partial charge in [0.1, 0.15) is 5.82 Å². The van der Waals surface area contributed by atoms with E-state index in [1.165, 1.54) is 11.6 Å². The van der Waals surface area contributed by atoms with Gasteiger partial charge in [-0.2, -0.15) is 0 Å². The van der Waals surface area contributed by atoms with Crippen LogP contribution in [0.4, 0.5) is 5.82 Å². The average molecular weight is 311 g/mol. The molecule has 1 aromatic carbocycles. The van der Waals surface area contributed by atoms with E-state index in [-0.39, 0.29) is 5.69 Å². The molecule has 1 aromatic heterocycles. The SMILES string of the molecule is O=C(O)c1cccc(N2CCCN(Cc3ccccc3)CC2)n1. The molecular weight excluding hydrogens is 290 g/mol. The third kappa shape index (κ3) is 4.07. The predicted octanol–water partition coefficient (Wildman–Crippen LogP) is 2.49. The fourth-order valence-corrected chi connectivity index (χ4v) is 2.92. The van der Waals surface area contributed by atoms with Crippen LogP contribution >= 0.6 is 0 Å². The van der Waals surface area contributed by atoms with Crippen molar-refractivity contribution in [2.24, 2.45) is 0 Å². The van der Waals surface area contributed by atoms with Crippen molar-refractivity contribution >= 4 is 11.8 Å². The topological polar surface area (TPSA) is 56.7 Å². The Kier molecular flexibility index (Phi) is 4.88. The molecule has 2 heterocycles. The van der Waals surface area contributed by atoms with Crippen LogP contribution in [-0.2, 0) is 6.54 Å². The first-order chi connectivity index (χ1) is 11.2. The monoisotopic (exact) mass is 311 g/mol. The van der Waals surface area contributed by atoms with Crippen LogP contribution in [0, 0.1) is 0 Å². The fourth-order valence-electron chi connectivity index (χ4n) is 2.92. The molecule has 0 unspecified atom stereocenters. The standard InChI is InChI=1S/C18H21N3O2/c22-18(23)16-8-4-9-17(19-16)21-11-5-10-20(12-13-21)14-15-6-2-1-3-7-15/h1-4,6-9H,5,10-14H2,(H,22,23). The number of carbonyl (C=O) groups is 1. The lowest BCUT2D eigenvalue weighted by atomic mass is 10.2. The molecule has 0 saturated carbocycles. The molecule has 0 amide bonds. The van der Waals surface area contributed by atoms with Gasteiger partial charge in [0.2, 0.25) is 0 Å². The quantitative estimate of drug-likeness (QED) is 0.940. The zero-order valence-corrected chi connectivity index (χ0v) is 13.1. The number of rotatable bonds is 4. The predicted molar refractivity (Wildman–Crippen MR) is 89.7 cm³/mol. The summed E-state index contributed by atoms with van der Waals surface area (Å²) in [5.41, 5.74) is 1.43. The molecule has 5 nitrogen and oxygen atoms in total. The first kappa shape index (κ1) is 15.5. The molecule has 1 N–H and O–H groups in total. The summed E-state index contributed by atoms with van der Waals surface area (Å²) in [7, 11) is 0. The summed E-state index contributed by atoms with van der Waals surface area (Å²) in [4.78, 5) is 19.9. The minimum absolute atomic E-state index is 0.105. The highest BCUT2D eigenvalue weighted by Gasteiger charge is 2.17. The Morgan fingerprint density at radius 3 is 2.61 bits per heavy atom. The Labute approximate surface area is 136 Å². The van der Waals surface area contributed by atoms with E-state index in [1.54, 1.807) is 6.07 Å². The summed E-state index contributed by atoms with van der Waals surface area (Å²) in [6.45, 7) is 4.72. The summed E-state index contributed by atoms with van der Waals surface area (Å²) in [6, 6.07) is 15.7.